The molecular weight excluding hydrogens is 210 g/mol. The molecule has 1 saturated carbocycles. The van der Waals surface area contributed by atoms with E-state index in [9.17, 15) is 0 Å². The van der Waals surface area contributed by atoms with Gasteiger partial charge in [-0.05, 0) is 52.2 Å². The van der Waals surface area contributed by atoms with Crippen molar-refractivity contribution in [1.29, 1.82) is 0 Å². The van der Waals surface area contributed by atoms with E-state index in [1.807, 2.05) is 0 Å². The third-order valence-corrected chi connectivity index (χ3v) is 4.61. The van der Waals surface area contributed by atoms with Crippen LogP contribution in [0.4, 0.5) is 0 Å². The summed E-state index contributed by atoms with van der Waals surface area (Å²) >= 11 is 0. The smallest absolute Gasteiger partial charge is 0.0329 e. The molecule has 0 aromatic heterocycles. The Balaban J connectivity index is 2.57. The van der Waals surface area contributed by atoms with E-state index in [0.29, 0.717) is 5.41 Å². The van der Waals surface area contributed by atoms with E-state index >= 15 is 0 Å². The summed E-state index contributed by atoms with van der Waals surface area (Å²) in [5.41, 5.74) is 6.85. The van der Waals surface area contributed by atoms with E-state index in [4.69, 9.17) is 5.73 Å². The van der Waals surface area contributed by atoms with Gasteiger partial charge in [0.15, 0.2) is 0 Å². The van der Waals surface area contributed by atoms with Crippen molar-refractivity contribution in [2.45, 2.75) is 45.1 Å². The normalized spacial score (nSPS) is 23.3. The Bertz CT molecular complexity index is 226. The van der Waals surface area contributed by atoms with Crippen molar-refractivity contribution in [1.82, 2.24) is 9.80 Å². The van der Waals surface area contributed by atoms with Gasteiger partial charge in [0, 0.05) is 25.2 Å². The monoisotopic (exact) mass is 241 g/mol. The highest BCUT2D eigenvalue weighted by atomic mass is 15.2. The van der Waals surface area contributed by atoms with Gasteiger partial charge in [0.25, 0.3) is 0 Å². The number of likely N-dealkylation sites (N-methyl/N-ethyl adjacent to an activating group) is 2. The van der Waals surface area contributed by atoms with E-state index in [1.165, 1.54) is 25.7 Å². The summed E-state index contributed by atoms with van der Waals surface area (Å²) in [6.45, 7) is 7.79. The van der Waals surface area contributed by atoms with Gasteiger partial charge >= 0.3 is 0 Å². The number of hydrogen-bond donors (Lipinski definition) is 1. The Labute approximate surface area is 107 Å². The summed E-state index contributed by atoms with van der Waals surface area (Å²) in [4.78, 5) is 4.75. The van der Waals surface area contributed by atoms with Crippen LogP contribution in [0.25, 0.3) is 0 Å². The molecule has 0 atom stereocenters. The summed E-state index contributed by atoms with van der Waals surface area (Å²) < 4.78 is 0. The van der Waals surface area contributed by atoms with Crippen molar-refractivity contribution in [2.24, 2.45) is 11.1 Å². The predicted molar refractivity (Wildman–Crippen MR) is 75.2 cm³/mol. The van der Waals surface area contributed by atoms with Crippen LogP contribution in [0.3, 0.4) is 0 Å². The lowest BCUT2D eigenvalue weighted by Gasteiger charge is -2.48. The van der Waals surface area contributed by atoms with Crippen LogP contribution >= 0.6 is 0 Å². The molecule has 3 heteroatoms. The Morgan fingerprint density at radius 3 is 1.88 bits per heavy atom. The molecular formula is C14H31N3. The van der Waals surface area contributed by atoms with Crippen LogP contribution in [0.2, 0.25) is 0 Å². The molecule has 102 valence electrons. The van der Waals surface area contributed by atoms with E-state index in [-0.39, 0.29) is 5.54 Å². The highest BCUT2D eigenvalue weighted by Gasteiger charge is 2.39. The van der Waals surface area contributed by atoms with Crippen molar-refractivity contribution < 1.29 is 0 Å². The SMILES string of the molecule is CN(C)CCN(C)C1(CN)CCC(C)(C)CC1. The van der Waals surface area contributed by atoms with Crippen molar-refractivity contribution in [3.05, 3.63) is 0 Å². The highest BCUT2D eigenvalue weighted by Crippen LogP contribution is 2.42. The molecule has 0 unspecified atom stereocenters. The predicted octanol–water partition coefficient (Wildman–Crippen LogP) is 1.78. The standard InChI is InChI=1S/C14H31N3/c1-13(2)6-8-14(12-15,9-7-13)17(5)11-10-16(3)4/h6-12,15H2,1-5H3. The van der Waals surface area contributed by atoms with Crippen LogP contribution in [0.15, 0.2) is 0 Å². The molecule has 0 radical (unpaired) electrons. The van der Waals surface area contributed by atoms with Crippen LogP contribution in [0.5, 0.6) is 0 Å². The van der Waals surface area contributed by atoms with Gasteiger partial charge in [-0.1, -0.05) is 13.8 Å². The van der Waals surface area contributed by atoms with E-state index in [2.05, 4.69) is 44.8 Å². The summed E-state index contributed by atoms with van der Waals surface area (Å²) in [5, 5.41) is 0. The Morgan fingerprint density at radius 1 is 0.941 bits per heavy atom. The Hall–Kier alpha value is -0.120. The fourth-order valence-electron chi connectivity index (χ4n) is 2.72. The van der Waals surface area contributed by atoms with Crippen LogP contribution in [-0.2, 0) is 0 Å². The van der Waals surface area contributed by atoms with Crippen molar-refractivity contribution in [3.8, 4) is 0 Å². The lowest BCUT2D eigenvalue weighted by molar-refractivity contribution is 0.0380. The zero-order valence-corrected chi connectivity index (χ0v) is 12.4. The van der Waals surface area contributed by atoms with E-state index < -0.39 is 0 Å². The minimum absolute atomic E-state index is 0.255. The summed E-state index contributed by atoms with van der Waals surface area (Å²) in [6, 6.07) is 0. The highest BCUT2D eigenvalue weighted by molar-refractivity contribution is 4.97. The van der Waals surface area contributed by atoms with Gasteiger partial charge in [0.1, 0.15) is 0 Å². The van der Waals surface area contributed by atoms with Gasteiger partial charge in [0.2, 0.25) is 0 Å². The quantitative estimate of drug-likeness (QED) is 0.796. The summed E-state index contributed by atoms with van der Waals surface area (Å²) in [6.07, 6.45) is 5.11. The lowest BCUT2D eigenvalue weighted by Crippen LogP contribution is -2.56. The Kier molecular flexibility index (Phi) is 4.99. The molecule has 1 fully saturated rings. The summed E-state index contributed by atoms with van der Waals surface area (Å²) in [7, 11) is 6.51. The molecule has 2 N–H and O–H groups in total. The molecule has 17 heavy (non-hydrogen) atoms. The van der Waals surface area contributed by atoms with E-state index in [0.717, 1.165) is 19.6 Å². The third-order valence-electron chi connectivity index (χ3n) is 4.61. The number of nitrogens with zero attached hydrogens (tertiary/aromatic N) is 2. The first-order valence-corrected chi connectivity index (χ1v) is 6.87. The minimum Gasteiger partial charge on any atom is -0.329 e. The zero-order valence-electron chi connectivity index (χ0n) is 12.4. The molecule has 0 amide bonds. The zero-order chi connectivity index (χ0) is 13.1. The molecule has 0 aliphatic heterocycles. The number of nitrogens with two attached hydrogens (primary N) is 1. The van der Waals surface area contributed by atoms with Gasteiger partial charge < -0.3 is 10.6 Å². The first kappa shape index (κ1) is 14.9. The van der Waals surface area contributed by atoms with Crippen molar-refractivity contribution >= 4 is 0 Å². The maximum Gasteiger partial charge on any atom is 0.0329 e. The van der Waals surface area contributed by atoms with Crippen LogP contribution in [0, 0.1) is 5.41 Å². The molecule has 0 heterocycles. The second-order valence-corrected chi connectivity index (χ2v) is 6.82. The molecule has 1 aliphatic carbocycles. The Morgan fingerprint density at radius 2 is 1.47 bits per heavy atom. The number of hydrogen-bond acceptors (Lipinski definition) is 3. The van der Waals surface area contributed by atoms with Gasteiger partial charge in [-0.15, -0.1) is 0 Å². The second-order valence-electron chi connectivity index (χ2n) is 6.82. The van der Waals surface area contributed by atoms with Gasteiger partial charge in [-0.25, -0.2) is 0 Å². The number of rotatable bonds is 5. The first-order valence-electron chi connectivity index (χ1n) is 6.87. The van der Waals surface area contributed by atoms with Gasteiger partial charge in [0.05, 0.1) is 0 Å². The third kappa shape index (κ3) is 3.94. The average Bonchev–Trinajstić information content (AvgIpc) is 2.26. The average molecular weight is 241 g/mol. The van der Waals surface area contributed by atoms with Crippen LogP contribution in [0.1, 0.15) is 39.5 Å². The lowest BCUT2D eigenvalue weighted by atomic mass is 9.69. The summed E-state index contributed by atoms with van der Waals surface area (Å²) in [5.74, 6) is 0. The fourth-order valence-corrected chi connectivity index (χ4v) is 2.72. The molecule has 0 spiro atoms. The van der Waals surface area contributed by atoms with Gasteiger partial charge in [-0.3, -0.25) is 4.90 Å². The first-order chi connectivity index (χ1) is 7.81. The van der Waals surface area contributed by atoms with E-state index in [1.54, 1.807) is 0 Å². The van der Waals surface area contributed by atoms with Crippen molar-refractivity contribution in [3.63, 3.8) is 0 Å². The molecule has 1 aliphatic rings. The molecule has 1 rings (SSSR count). The van der Waals surface area contributed by atoms with Crippen LogP contribution < -0.4 is 5.73 Å². The van der Waals surface area contributed by atoms with Crippen molar-refractivity contribution in [2.75, 3.05) is 40.8 Å². The van der Waals surface area contributed by atoms with Gasteiger partial charge in [-0.2, -0.15) is 0 Å². The molecule has 0 aromatic rings. The fraction of sp³-hybridized carbons (Fsp3) is 1.00. The molecule has 0 saturated heterocycles. The maximum atomic E-state index is 6.08. The molecule has 3 nitrogen and oxygen atoms in total. The topological polar surface area (TPSA) is 32.5 Å². The van der Waals surface area contributed by atoms with Crippen LogP contribution in [-0.4, -0.2) is 56.1 Å². The maximum absolute atomic E-state index is 6.08. The minimum atomic E-state index is 0.255. The molecule has 0 bridgehead atoms. The largest absolute Gasteiger partial charge is 0.329 e. The molecule has 0 aromatic carbocycles. The second kappa shape index (κ2) is 5.68.